The molecule has 0 radical (unpaired) electrons. The lowest BCUT2D eigenvalue weighted by Crippen LogP contribution is -2.20. The predicted molar refractivity (Wildman–Crippen MR) is 88.0 cm³/mol. The van der Waals surface area contributed by atoms with E-state index in [0.717, 1.165) is 11.1 Å². The second kappa shape index (κ2) is 7.18. The van der Waals surface area contributed by atoms with E-state index in [1.54, 1.807) is 18.2 Å². The van der Waals surface area contributed by atoms with Crippen molar-refractivity contribution in [2.75, 3.05) is 19.0 Å². The molecule has 4 nitrogen and oxygen atoms in total. The summed E-state index contributed by atoms with van der Waals surface area (Å²) in [6, 6.07) is 10.9. The molecule has 0 fully saturated rings. The van der Waals surface area contributed by atoms with Crippen LogP contribution in [-0.2, 0) is 4.79 Å². The molecule has 0 saturated heterocycles. The minimum atomic E-state index is -0.276. The Bertz CT molecular complexity index is 686. The lowest BCUT2D eigenvalue weighted by atomic mass is 10.1. The van der Waals surface area contributed by atoms with Crippen LogP contribution in [0.3, 0.4) is 0 Å². The molecule has 0 unspecified atom stereocenters. The quantitative estimate of drug-likeness (QED) is 0.906. The molecule has 1 amide bonds. The van der Waals surface area contributed by atoms with Crippen LogP contribution >= 0.6 is 11.6 Å². The minimum absolute atomic E-state index is 0.0834. The summed E-state index contributed by atoms with van der Waals surface area (Å²) in [4.78, 5) is 12.0. The highest BCUT2D eigenvalue weighted by molar-refractivity contribution is 6.31. The minimum Gasteiger partial charge on any atom is -0.495 e. The van der Waals surface area contributed by atoms with E-state index in [0.29, 0.717) is 22.2 Å². The Balaban J connectivity index is 2.01. The molecular weight excluding hydrogens is 302 g/mol. The number of nitrogens with one attached hydrogen (secondary N) is 1. The van der Waals surface area contributed by atoms with E-state index >= 15 is 0 Å². The van der Waals surface area contributed by atoms with Crippen molar-refractivity contribution >= 4 is 23.2 Å². The van der Waals surface area contributed by atoms with Crippen molar-refractivity contribution in [1.29, 1.82) is 0 Å². The maximum Gasteiger partial charge on any atom is 0.262 e. The third kappa shape index (κ3) is 4.15. The first-order valence-corrected chi connectivity index (χ1v) is 7.21. The van der Waals surface area contributed by atoms with Gasteiger partial charge < -0.3 is 14.8 Å². The van der Waals surface area contributed by atoms with Crippen molar-refractivity contribution in [3.8, 4) is 11.5 Å². The van der Waals surface area contributed by atoms with Crippen LogP contribution in [0.2, 0.25) is 5.02 Å². The highest BCUT2D eigenvalue weighted by Crippen LogP contribution is 2.27. The Morgan fingerprint density at radius 3 is 2.64 bits per heavy atom. The average Bonchev–Trinajstić information content (AvgIpc) is 2.48. The third-order valence-electron chi connectivity index (χ3n) is 3.14. The Kier molecular flexibility index (Phi) is 5.28. The van der Waals surface area contributed by atoms with Crippen molar-refractivity contribution in [1.82, 2.24) is 0 Å². The Morgan fingerprint density at radius 1 is 1.14 bits per heavy atom. The van der Waals surface area contributed by atoms with Gasteiger partial charge in [0.15, 0.2) is 6.61 Å². The summed E-state index contributed by atoms with van der Waals surface area (Å²) in [6.45, 7) is 3.83. The molecule has 0 aliphatic carbocycles. The number of carbonyl (C=O) groups excluding carboxylic acids is 1. The molecular formula is C17H18ClNO3. The molecule has 0 atom stereocenters. The number of amides is 1. The molecule has 0 spiro atoms. The van der Waals surface area contributed by atoms with Crippen LogP contribution in [0.25, 0.3) is 0 Å². The monoisotopic (exact) mass is 319 g/mol. The van der Waals surface area contributed by atoms with Gasteiger partial charge in [-0.05, 0) is 49.2 Å². The predicted octanol–water partition coefficient (Wildman–Crippen LogP) is 3.98. The van der Waals surface area contributed by atoms with Gasteiger partial charge >= 0.3 is 0 Å². The van der Waals surface area contributed by atoms with Crippen LogP contribution in [0.1, 0.15) is 11.1 Å². The Morgan fingerprint density at radius 2 is 1.91 bits per heavy atom. The van der Waals surface area contributed by atoms with E-state index in [9.17, 15) is 4.79 Å². The molecule has 0 aliphatic heterocycles. The van der Waals surface area contributed by atoms with E-state index < -0.39 is 0 Å². The number of hydrogen-bond donors (Lipinski definition) is 1. The van der Waals surface area contributed by atoms with Crippen LogP contribution in [-0.4, -0.2) is 19.6 Å². The highest BCUT2D eigenvalue weighted by Gasteiger charge is 2.10. The Labute approximate surface area is 135 Å². The largest absolute Gasteiger partial charge is 0.495 e. The van der Waals surface area contributed by atoms with Gasteiger partial charge in [0.05, 0.1) is 12.8 Å². The molecule has 0 saturated carbocycles. The summed E-state index contributed by atoms with van der Waals surface area (Å²) < 4.78 is 10.8. The van der Waals surface area contributed by atoms with Crippen LogP contribution in [0.4, 0.5) is 5.69 Å². The topological polar surface area (TPSA) is 47.6 Å². The molecule has 0 bridgehead atoms. The summed E-state index contributed by atoms with van der Waals surface area (Å²) in [5.41, 5.74) is 2.58. The zero-order valence-electron chi connectivity index (χ0n) is 12.8. The number of rotatable bonds is 5. The number of ether oxygens (including phenoxy) is 2. The van der Waals surface area contributed by atoms with Crippen molar-refractivity contribution in [2.24, 2.45) is 0 Å². The van der Waals surface area contributed by atoms with E-state index in [1.807, 2.05) is 32.0 Å². The highest BCUT2D eigenvalue weighted by atomic mass is 35.5. The van der Waals surface area contributed by atoms with Gasteiger partial charge in [-0.3, -0.25) is 4.79 Å². The number of carbonyl (C=O) groups is 1. The van der Waals surface area contributed by atoms with Crippen LogP contribution < -0.4 is 14.8 Å². The number of hydrogen-bond acceptors (Lipinski definition) is 3. The van der Waals surface area contributed by atoms with Crippen LogP contribution in [0, 0.1) is 13.8 Å². The standard InChI is InChI=1S/C17H18ClNO3/c1-11-4-5-12(2)16(8-11)22-10-17(20)19-14-9-13(18)6-7-15(14)21-3/h4-9H,10H2,1-3H3,(H,19,20). The van der Waals surface area contributed by atoms with E-state index in [4.69, 9.17) is 21.1 Å². The maximum absolute atomic E-state index is 12.0. The zero-order valence-corrected chi connectivity index (χ0v) is 13.5. The number of benzene rings is 2. The van der Waals surface area contributed by atoms with Gasteiger partial charge in [-0.25, -0.2) is 0 Å². The molecule has 0 aromatic heterocycles. The van der Waals surface area contributed by atoms with Gasteiger partial charge in [0, 0.05) is 5.02 Å². The normalized spacial score (nSPS) is 10.2. The van der Waals surface area contributed by atoms with Crippen molar-refractivity contribution < 1.29 is 14.3 Å². The Hall–Kier alpha value is -2.20. The first-order chi connectivity index (χ1) is 10.5. The van der Waals surface area contributed by atoms with Crippen LogP contribution in [0.5, 0.6) is 11.5 Å². The second-order valence-corrected chi connectivity index (χ2v) is 5.39. The maximum atomic E-state index is 12.0. The van der Waals surface area contributed by atoms with Gasteiger partial charge in [0.2, 0.25) is 0 Å². The van der Waals surface area contributed by atoms with Crippen molar-refractivity contribution in [3.05, 3.63) is 52.5 Å². The fourth-order valence-corrected chi connectivity index (χ4v) is 2.14. The SMILES string of the molecule is COc1ccc(Cl)cc1NC(=O)COc1cc(C)ccc1C. The summed E-state index contributed by atoms with van der Waals surface area (Å²) >= 11 is 5.93. The number of anilines is 1. The summed E-state index contributed by atoms with van der Waals surface area (Å²) in [6.07, 6.45) is 0. The molecule has 5 heteroatoms. The van der Waals surface area contributed by atoms with Crippen molar-refractivity contribution in [2.45, 2.75) is 13.8 Å². The lowest BCUT2D eigenvalue weighted by molar-refractivity contribution is -0.118. The van der Waals surface area contributed by atoms with Gasteiger partial charge in [0.1, 0.15) is 11.5 Å². The lowest BCUT2D eigenvalue weighted by Gasteiger charge is -2.12. The molecule has 2 aromatic carbocycles. The fraction of sp³-hybridized carbons (Fsp3) is 0.235. The molecule has 2 aromatic rings. The summed E-state index contributed by atoms with van der Waals surface area (Å²) in [5.74, 6) is 0.971. The van der Waals surface area contributed by atoms with Gasteiger partial charge in [-0.15, -0.1) is 0 Å². The first kappa shape index (κ1) is 16.2. The van der Waals surface area contributed by atoms with Crippen molar-refractivity contribution in [3.63, 3.8) is 0 Å². The fourth-order valence-electron chi connectivity index (χ4n) is 1.97. The number of methoxy groups -OCH3 is 1. The molecule has 2 rings (SSSR count). The summed E-state index contributed by atoms with van der Waals surface area (Å²) in [5, 5.41) is 3.25. The van der Waals surface area contributed by atoms with Gasteiger partial charge in [-0.1, -0.05) is 23.7 Å². The molecule has 0 aliphatic rings. The first-order valence-electron chi connectivity index (χ1n) is 6.83. The van der Waals surface area contributed by atoms with E-state index in [-0.39, 0.29) is 12.5 Å². The number of halogens is 1. The van der Waals surface area contributed by atoms with Gasteiger partial charge in [0.25, 0.3) is 5.91 Å². The zero-order chi connectivity index (χ0) is 16.1. The van der Waals surface area contributed by atoms with E-state index in [1.165, 1.54) is 7.11 Å². The smallest absolute Gasteiger partial charge is 0.262 e. The van der Waals surface area contributed by atoms with Gasteiger partial charge in [-0.2, -0.15) is 0 Å². The molecule has 1 N–H and O–H groups in total. The average molecular weight is 320 g/mol. The molecule has 0 heterocycles. The second-order valence-electron chi connectivity index (χ2n) is 4.95. The summed E-state index contributed by atoms with van der Waals surface area (Å²) in [7, 11) is 1.53. The number of aryl methyl sites for hydroxylation is 2. The third-order valence-corrected chi connectivity index (χ3v) is 3.37. The van der Waals surface area contributed by atoms with Crippen LogP contribution in [0.15, 0.2) is 36.4 Å². The molecule has 116 valence electrons. The van der Waals surface area contributed by atoms with E-state index in [2.05, 4.69) is 5.32 Å². The molecule has 22 heavy (non-hydrogen) atoms.